The minimum Gasteiger partial charge on any atom is -0.360 e. The standard InChI is InChI=1S/C18H24N4/c1-3-4-12-21(2)17-9-11-19-18(20-17)22-13-10-15-7-5-6-8-16(15)14-22/h5-9,11H,3-4,10,12-14H2,1-2H3. The molecule has 2 aromatic rings. The summed E-state index contributed by atoms with van der Waals surface area (Å²) in [5.74, 6) is 1.85. The van der Waals surface area contributed by atoms with Gasteiger partial charge in [-0.15, -0.1) is 0 Å². The van der Waals surface area contributed by atoms with E-state index in [1.165, 1.54) is 24.0 Å². The second-order valence-electron chi connectivity index (χ2n) is 5.93. The fourth-order valence-corrected chi connectivity index (χ4v) is 2.88. The summed E-state index contributed by atoms with van der Waals surface area (Å²) in [6.07, 6.45) is 5.33. The van der Waals surface area contributed by atoms with E-state index in [4.69, 9.17) is 4.98 Å². The summed E-state index contributed by atoms with van der Waals surface area (Å²) in [5.41, 5.74) is 2.84. The molecule has 0 fully saturated rings. The van der Waals surface area contributed by atoms with Crippen LogP contribution in [0.5, 0.6) is 0 Å². The summed E-state index contributed by atoms with van der Waals surface area (Å²) in [5, 5.41) is 0. The molecule has 116 valence electrons. The molecule has 0 amide bonds. The molecule has 0 unspecified atom stereocenters. The Morgan fingerprint density at radius 2 is 2.00 bits per heavy atom. The smallest absolute Gasteiger partial charge is 0.227 e. The number of unbranched alkanes of at least 4 members (excludes halogenated alkanes) is 1. The van der Waals surface area contributed by atoms with Gasteiger partial charge in [-0.3, -0.25) is 0 Å². The van der Waals surface area contributed by atoms with Crippen LogP contribution in [0, 0.1) is 0 Å². The van der Waals surface area contributed by atoms with Crippen LogP contribution in [-0.4, -0.2) is 30.1 Å². The second-order valence-corrected chi connectivity index (χ2v) is 5.93. The largest absolute Gasteiger partial charge is 0.360 e. The Morgan fingerprint density at radius 3 is 2.82 bits per heavy atom. The number of nitrogens with zero attached hydrogens (tertiary/aromatic N) is 4. The van der Waals surface area contributed by atoms with Crippen molar-refractivity contribution in [2.24, 2.45) is 0 Å². The molecule has 0 saturated carbocycles. The van der Waals surface area contributed by atoms with Crippen LogP contribution in [0.1, 0.15) is 30.9 Å². The SMILES string of the molecule is CCCCN(C)c1ccnc(N2CCc3ccccc3C2)n1. The van der Waals surface area contributed by atoms with Gasteiger partial charge in [0.25, 0.3) is 0 Å². The average molecular weight is 296 g/mol. The van der Waals surface area contributed by atoms with E-state index in [-0.39, 0.29) is 0 Å². The van der Waals surface area contributed by atoms with Crippen molar-refractivity contribution in [3.8, 4) is 0 Å². The molecule has 0 atom stereocenters. The van der Waals surface area contributed by atoms with E-state index in [0.717, 1.165) is 37.8 Å². The Kier molecular flexibility index (Phi) is 4.56. The van der Waals surface area contributed by atoms with Crippen LogP contribution in [0.25, 0.3) is 0 Å². The monoisotopic (exact) mass is 296 g/mol. The minimum atomic E-state index is 0.843. The first-order chi connectivity index (χ1) is 10.8. The maximum Gasteiger partial charge on any atom is 0.227 e. The van der Waals surface area contributed by atoms with Crippen molar-refractivity contribution in [2.75, 3.05) is 29.9 Å². The lowest BCUT2D eigenvalue weighted by atomic mass is 10.0. The number of rotatable bonds is 5. The summed E-state index contributed by atoms with van der Waals surface area (Å²) < 4.78 is 0. The Labute approximate surface area is 132 Å². The van der Waals surface area contributed by atoms with Gasteiger partial charge in [0.15, 0.2) is 0 Å². The molecule has 0 spiro atoms. The van der Waals surface area contributed by atoms with E-state index in [1.54, 1.807) is 0 Å². The highest BCUT2D eigenvalue weighted by Gasteiger charge is 2.18. The highest BCUT2D eigenvalue weighted by molar-refractivity contribution is 5.45. The number of benzene rings is 1. The van der Waals surface area contributed by atoms with Crippen LogP contribution >= 0.6 is 0 Å². The molecule has 4 heteroatoms. The van der Waals surface area contributed by atoms with Gasteiger partial charge in [-0.1, -0.05) is 37.6 Å². The van der Waals surface area contributed by atoms with Crippen molar-refractivity contribution in [1.29, 1.82) is 0 Å². The van der Waals surface area contributed by atoms with Gasteiger partial charge in [0.05, 0.1) is 0 Å². The summed E-state index contributed by atoms with van der Waals surface area (Å²) >= 11 is 0. The summed E-state index contributed by atoms with van der Waals surface area (Å²) in [6, 6.07) is 10.7. The van der Waals surface area contributed by atoms with E-state index in [0.29, 0.717) is 0 Å². The van der Waals surface area contributed by atoms with Crippen LogP contribution in [-0.2, 0) is 13.0 Å². The van der Waals surface area contributed by atoms with E-state index < -0.39 is 0 Å². The molecule has 0 bridgehead atoms. The molecule has 1 aromatic heterocycles. The first-order valence-corrected chi connectivity index (χ1v) is 8.14. The molecule has 2 heterocycles. The van der Waals surface area contributed by atoms with Crippen molar-refractivity contribution >= 4 is 11.8 Å². The van der Waals surface area contributed by atoms with E-state index in [1.807, 2.05) is 12.3 Å². The number of aromatic nitrogens is 2. The Hall–Kier alpha value is -2.10. The first-order valence-electron chi connectivity index (χ1n) is 8.14. The summed E-state index contributed by atoms with van der Waals surface area (Å²) in [6.45, 7) is 5.14. The molecule has 1 aromatic carbocycles. The maximum absolute atomic E-state index is 4.76. The van der Waals surface area contributed by atoms with Gasteiger partial charge in [0.1, 0.15) is 5.82 Å². The topological polar surface area (TPSA) is 32.3 Å². The molecule has 0 radical (unpaired) electrons. The molecule has 0 aliphatic carbocycles. The molecule has 0 saturated heterocycles. The lowest BCUT2D eigenvalue weighted by molar-refractivity contribution is 0.703. The Morgan fingerprint density at radius 1 is 1.18 bits per heavy atom. The third-order valence-electron chi connectivity index (χ3n) is 4.28. The molecule has 22 heavy (non-hydrogen) atoms. The summed E-state index contributed by atoms with van der Waals surface area (Å²) in [4.78, 5) is 13.7. The quantitative estimate of drug-likeness (QED) is 0.847. The third-order valence-corrected chi connectivity index (χ3v) is 4.28. The van der Waals surface area contributed by atoms with E-state index >= 15 is 0 Å². The molecule has 0 N–H and O–H groups in total. The molecule has 1 aliphatic heterocycles. The third kappa shape index (κ3) is 3.21. The van der Waals surface area contributed by atoms with Crippen molar-refractivity contribution in [3.63, 3.8) is 0 Å². The van der Waals surface area contributed by atoms with Crippen molar-refractivity contribution < 1.29 is 0 Å². The van der Waals surface area contributed by atoms with Crippen LogP contribution in [0.15, 0.2) is 36.5 Å². The van der Waals surface area contributed by atoms with Gasteiger partial charge >= 0.3 is 0 Å². The molecular weight excluding hydrogens is 272 g/mol. The molecular formula is C18H24N4. The molecule has 1 aliphatic rings. The van der Waals surface area contributed by atoms with Crippen molar-refractivity contribution in [1.82, 2.24) is 9.97 Å². The number of fused-ring (bicyclic) bond motifs is 1. The molecule has 3 rings (SSSR count). The van der Waals surface area contributed by atoms with Gasteiger partial charge in [-0.05, 0) is 30.0 Å². The lowest BCUT2D eigenvalue weighted by Crippen LogP contribution is -2.32. The predicted octanol–water partition coefficient (Wildman–Crippen LogP) is 3.28. The second kappa shape index (κ2) is 6.77. The number of hydrogen-bond donors (Lipinski definition) is 0. The fraction of sp³-hybridized carbons (Fsp3) is 0.444. The Balaban J connectivity index is 1.76. The predicted molar refractivity (Wildman–Crippen MR) is 91.4 cm³/mol. The maximum atomic E-state index is 4.76. The van der Waals surface area contributed by atoms with Gasteiger partial charge in [0.2, 0.25) is 5.95 Å². The van der Waals surface area contributed by atoms with Crippen LogP contribution in [0.3, 0.4) is 0 Å². The van der Waals surface area contributed by atoms with Crippen molar-refractivity contribution in [3.05, 3.63) is 47.7 Å². The fourth-order valence-electron chi connectivity index (χ4n) is 2.88. The van der Waals surface area contributed by atoms with Gasteiger partial charge < -0.3 is 9.80 Å². The average Bonchev–Trinajstić information content (AvgIpc) is 2.59. The van der Waals surface area contributed by atoms with E-state index in [2.05, 4.69) is 53.0 Å². The highest BCUT2D eigenvalue weighted by atomic mass is 15.3. The summed E-state index contributed by atoms with van der Waals surface area (Å²) in [7, 11) is 2.10. The van der Waals surface area contributed by atoms with Gasteiger partial charge in [-0.2, -0.15) is 4.98 Å². The molecule has 4 nitrogen and oxygen atoms in total. The zero-order chi connectivity index (χ0) is 15.4. The van der Waals surface area contributed by atoms with Crippen LogP contribution in [0.4, 0.5) is 11.8 Å². The van der Waals surface area contributed by atoms with Crippen molar-refractivity contribution in [2.45, 2.75) is 32.7 Å². The normalized spacial score (nSPS) is 13.8. The Bertz CT molecular complexity index is 626. The van der Waals surface area contributed by atoms with Gasteiger partial charge in [-0.25, -0.2) is 4.98 Å². The highest BCUT2D eigenvalue weighted by Crippen LogP contribution is 2.23. The number of hydrogen-bond acceptors (Lipinski definition) is 4. The lowest BCUT2D eigenvalue weighted by Gasteiger charge is -2.29. The number of anilines is 2. The minimum absolute atomic E-state index is 0.843. The van der Waals surface area contributed by atoms with E-state index in [9.17, 15) is 0 Å². The van der Waals surface area contributed by atoms with Gasteiger partial charge in [0, 0.05) is 32.9 Å². The zero-order valence-electron chi connectivity index (χ0n) is 13.5. The zero-order valence-corrected chi connectivity index (χ0v) is 13.5. The van der Waals surface area contributed by atoms with Crippen LogP contribution in [0.2, 0.25) is 0 Å². The van der Waals surface area contributed by atoms with Crippen LogP contribution < -0.4 is 9.80 Å². The first kappa shape index (κ1) is 14.8.